The number of nitrogens with one attached hydrogen (secondary N) is 1. The first kappa shape index (κ1) is 27.3. The fourth-order valence-electron chi connectivity index (χ4n) is 2.69. The van der Waals surface area contributed by atoms with Crippen LogP contribution in [0.25, 0.3) is 0 Å². The van der Waals surface area contributed by atoms with Crippen LogP contribution in [-0.4, -0.2) is 43.8 Å². The van der Waals surface area contributed by atoms with Crippen LogP contribution in [0.15, 0.2) is 36.5 Å². The summed E-state index contributed by atoms with van der Waals surface area (Å²) in [6, 6.07) is 9.00. The molecule has 1 heterocycles. The van der Waals surface area contributed by atoms with E-state index >= 15 is 0 Å². The minimum atomic E-state index is -3.67. The number of carbonyl (C=O) groups is 1. The first-order valence-electron chi connectivity index (χ1n) is 10.4. The number of hydrogen-bond donors (Lipinski definition) is 3. The number of benzene rings is 1. The number of nitrogens with two attached hydrogens (primary N) is 1. The van der Waals surface area contributed by atoms with Gasteiger partial charge in [-0.05, 0) is 36.7 Å². The number of pyridine rings is 1. The van der Waals surface area contributed by atoms with Crippen LogP contribution in [0.1, 0.15) is 54.9 Å². The molecule has 0 bridgehead atoms. The molecule has 0 atom stereocenters. The fourth-order valence-corrected chi connectivity index (χ4v) is 2.69. The minimum absolute atomic E-state index is 0.338. The third kappa shape index (κ3) is 12.2. The zero-order chi connectivity index (χ0) is 24.0. The second kappa shape index (κ2) is 14.4. The van der Waals surface area contributed by atoms with Crippen molar-refractivity contribution in [2.75, 3.05) is 19.9 Å². The maximum atomic E-state index is 11.1. The molecule has 1 aromatic carbocycles. The summed E-state index contributed by atoms with van der Waals surface area (Å²) in [5.74, 6) is 1.06. The number of nitrogens with zero attached hydrogens (tertiary/aromatic N) is 1. The van der Waals surface area contributed by atoms with Crippen molar-refractivity contribution in [2.24, 2.45) is 5.73 Å². The summed E-state index contributed by atoms with van der Waals surface area (Å²) in [6.45, 7) is 4.03. The van der Waals surface area contributed by atoms with E-state index in [0.29, 0.717) is 29.2 Å². The predicted molar refractivity (Wildman–Crippen MR) is 124 cm³/mol. The SMILES string of the molecule is CCCCCCCNCc1ccc(Oc2ccc(C(N)=O)cn2)c(OC)c1.CS(=O)(=O)O. The first-order valence-corrected chi connectivity index (χ1v) is 12.2. The summed E-state index contributed by atoms with van der Waals surface area (Å²) in [4.78, 5) is 15.2. The Morgan fingerprint density at radius 2 is 1.81 bits per heavy atom. The summed E-state index contributed by atoms with van der Waals surface area (Å²) in [7, 11) is -2.06. The average Bonchev–Trinajstić information content (AvgIpc) is 2.73. The van der Waals surface area contributed by atoms with Crippen LogP contribution in [0.5, 0.6) is 17.4 Å². The molecule has 32 heavy (non-hydrogen) atoms. The van der Waals surface area contributed by atoms with E-state index in [1.165, 1.54) is 38.3 Å². The number of aromatic nitrogens is 1. The molecule has 1 amide bonds. The van der Waals surface area contributed by atoms with Gasteiger partial charge >= 0.3 is 0 Å². The summed E-state index contributed by atoms with van der Waals surface area (Å²) >= 11 is 0. The maximum Gasteiger partial charge on any atom is 0.261 e. The van der Waals surface area contributed by atoms with Crippen molar-refractivity contribution in [1.82, 2.24) is 10.3 Å². The topological polar surface area (TPSA) is 141 Å². The highest BCUT2D eigenvalue weighted by Gasteiger charge is 2.09. The van der Waals surface area contributed by atoms with E-state index < -0.39 is 16.0 Å². The van der Waals surface area contributed by atoms with E-state index in [1.54, 1.807) is 19.2 Å². The molecule has 2 rings (SSSR count). The Kier molecular flexibility index (Phi) is 12.3. The monoisotopic (exact) mass is 467 g/mol. The number of ether oxygens (including phenoxy) is 2. The number of amides is 1. The molecule has 0 aliphatic rings. The Bertz CT molecular complexity index is 925. The van der Waals surface area contributed by atoms with Gasteiger partial charge in [0.2, 0.25) is 11.8 Å². The van der Waals surface area contributed by atoms with Crippen molar-refractivity contribution in [1.29, 1.82) is 0 Å². The van der Waals surface area contributed by atoms with E-state index in [-0.39, 0.29) is 0 Å². The Labute approximate surface area is 190 Å². The highest BCUT2D eigenvalue weighted by Crippen LogP contribution is 2.31. The van der Waals surface area contributed by atoms with Crippen LogP contribution in [-0.2, 0) is 16.7 Å². The van der Waals surface area contributed by atoms with Crippen molar-refractivity contribution in [3.63, 3.8) is 0 Å². The normalized spacial score (nSPS) is 10.8. The molecule has 10 heteroatoms. The van der Waals surface area contributed by atoms with Gasteiger partial charge in [-0.15, -0.1) is 0 Å². The predicted octanol–water partition coefficient (Wildman–Crippen LogP) is 3.55. The first-order chi connectivity index (χ1) is 15.1. The molecule has 178 valence electrons. The lowest BCUT2D eigenvalue weighted by atomic mass is 10.1. The molecule has 0 saturated carbocycles. The number of carbonyl (C=O) groups excluding carboxylic acids is 1. The van der Waals surface area contributed by atoms with E-state index in [2.05, 4.69) is 17.2 Å². The van der Waals surface area contributed by atoms with Crippen molar-refractivity contribution in [2.45, 2.75) is 45.6 Å². The fraction of sp³-hybridized carbons (Fsp3) is 0.455. The average molecular weight is 468 g/mol. The van der Waals surface area contributed by atoms with Gasteiger partial charge in [-0.2, -0.15) is 8.42 Å². The smallest absolute Gasteiger partial charge is 0.261 e. The quantitative estimate of drug-likeness (QED) is 0.318. The molecule has 2 aromatic rings. The van der Waals surface area contributed by atoms with E-state index in [0.717, 1.165) is 18.7 Å². The Morgan fingerprint density at radius 3 is 2.38 bits per heavy atom. The number of rotatable bonds is 12. The largest absolute Gasteiger partial charge is 0.493 e. The summed E-state index contributed by atoms with van der Waals surface area (Å²) < 4.78 is 37.1. The second-order valence-electron chi connectivity index (χ2n) is 7.16. The summed E-state index contributed by atoms with van der Waals surface area (Å²) in [6.07, 6.45) is 8.48. The van der Waals surface area contributed by atoms with Crippen molar-refractivity contribution in [3.05, 3.63) is 47.7 Å². The zero-order valence-corrected chi connectivity index (χ0v) is 19.7. The lowest BCUT2D eigenvalue weighted by Crippen LogP contribution is -2.14. The van der Waals surface area contributed by atoms with Gasteiger partial charge in [0.25, 0.3) is 10.1 Å². The molecule has 0 radical (unpaired) electrons. The molecule has 0 aliphatic heterocycles. The molecule has 0 spiro atoms. The number of methoxy groups -OCH3 is 1. The Hall–Kier alpha value is -2.69. The molecule has 0 aliphatic carbocycles. The maximum absolute atomic E-state index is 11.1. The van der Waals surface area contributed by atoms with Crippen LogP contribution < -0.4 is 20.5 Å². The number of unbranched alkanes of at least 4 members (excludes halogenated alkanes) is 4. The van der Waals surface area contributed by atoms with E-state index in [1.807, 2.05) is 18.2 Å². The molecule has 0 fully saturated rings. The summed E-state index contributed by atoms with van der Waals surface area (Å²) in [5, 5.41) is 3.46. The van der Waals surface area contributed by atoms with Gasteiger partial charge < -0.3 is 20.5 Å². The standard InChI is InChI=1S/C21H29N3O3.CH4O3S/c1-3-4-5-6-7-12-23-14-16-8-10-18(19(13-16)26-2)27-20-11-9-17(15-24-20)21(22)25;1-5(2,3)4/h8-11,13,15,23H,3-7,12,14H2,1-2H3,(H2,22,25);1H3,(H,2,3,4). The third-order valence-electron chi connectivity index (χ3n) is 4.25. The molecule has 0 saturated heterocycles. The number of primary amides is 1. The lowest BCUT2D eigenvalue weighted by molar-refractivity contribution is 0.1000. The van der Waals surface area contributed by atoms with Crippen LogP contribution in [0, 0.1) is 0 Å². The van der Waals surface area contributed by atoms with Gasteiger partial charge in [-0.25, -0.2) is 4.98 Å². The Morgan fingerprint density at radius 1 is 1.12 bits per heavy atom. The molecular formula is C22H33N3O6S. The van der Waals surface area contributed by atoms with E-state index in [9.17, 15) is 13.2 Å². The molecule has 4 N–H and O–H groups in total. The zero-order valence-electron chi connectivity index (χ0n) is 18.8. The molecular weight excluding hydrogens is 434 g/mol. The van der Waals surface area contributed by atoms with Gasteiger partial charge in [-0.1, -0.05) is 38.7 Å². The number of hydrogen-bond acceptors (Lipinski definition) is 7. The molecule has 1 aromatic heterocycles. The van der Waals surface area contributed by atoms with E-state index in [4.69, 9.17) is 19.8 Å². The van der Waals surface area contributed by atoms with Gasteiger partial charge in [0, 0.05) is 18.8 Å². The lowest BCUT2D eigenvalue weighted by Gasteiger charge is -2.12. The Balaban J connectivity index is 0.000000920. The third-order valence-corrected chi connectivity index (χ3v) is 4.25. The van der Waals surface area contributed by atoms with Crippen LogP contribution in [0.4, 0.5) is 0 Å². The second-order valence-corrected chi connectivity index (χ2v) is 8.63. The van der Waals surface area contributed by atoms with Crippen LogP contribution >= 0.6 is 0 Å². The van der Waals surface area contributed by atoms with Gasteiger partial charge in [0.15, 0.2) is 11.5 Å². The van der Waals surface area contributed by atoms with Crippen LogP contribution in [0.3, 0.4) is 0 Å². The van der Waals surface area contributed by atoms with Gasteiger partial charge in [0.1, 0.15) is 0 Å². The highest BCUT2D eigenvalue weighted by molar-refractivity contribution is 7.85. The van der Waals surface area contributed by atoms with Gasteiger partial charge in [0.05, 0.1) is 18.9 Å². The van der Waals surface area contributed by atoms with Crippen molar-refractivity contribution >= 4 is 16.0 Å². The van der Waals surface area contributed by atoms with Crippen molar-refractivity contribution < 1.29 is 27.2 Å². The minimum Gasteiger partial charge on any atom is -0.493 e. The van der Waals surface area contributed by atoms with Gasteiger partial charge in [-0.3, -0.25) is 9.35 Å². The van der Waals surface area contributed by atoms with Crippen molar-refractivity contribution in [3.8, 4) is 17.4 Å². The van der Waals surface area contributed by atoms with Crippen LogP contribution in [0.2, 0.25) is 0 Å². The highest BCUT2D eigenvalue weighted by atomic mass is 32.2. The molecule has 9 nitrogen and oxygen atoms in total. The summed E-state index contributed by atoms with van der Waals surface area (Å²) in [5.41, 5.74) is 6.68. The molecule has 0 unspecified atom stereocenters.